The molecule has 1 aliphatic rings. The fraction of sp³-hybridized carbons (Fsp3) is 0.222. The van der Waals surface area contributed by atoms with Gasteiger partial charge in [0.15, 0.2) is 0 Å². The summed E-state index contributed by atoms with van der Waals surface area (Å²) in [5.41, 5.74) is 4.49. The molecule has 0 saturated heterocycles. The Morgan fingerprint density at radius 2 is 1.92 bits per heavy atom. The molecule has 0 aromatic heterocycles. The number of amides is 2. The zero-order valence-corrected chi connectivity index (χ0v) is 13.1. The van der Waals surface area contributed by atoms with Gasteiger partial charge in [-0.15, -0.1) is 0 Å². The van der Waals surface area contributed by atoms with Crippen LogP contribution in [-0.2, 0) is 11.2 Å². The second-order valence-electron chi connectivity index (χ2n) is 5.77. The van der Waals surface area contributed by atoms with Gasteiger partial charge in [0, 0.05) is 5.56 Å². The number of aryl methyl sites for hydroxylation is 1. The van der Waals surface area contributed by atoms with Gasteiger partial charge in [0.05, 0.1) is 11.4 Å². The lowest BCUT2D eigenvalue weighted by Crippen LogP contribution is -2.39. The standard InChI is InChI=1S/C18H19N3O3/c22-17(21-24)13-9-10-14-16(11-13)19-15(18(23)20-14)8-4-7-12-5-2-1-3-6-12/h1-3,5-6,9-11,15,19,24H,4,7-8H2,(H,20,23)(H,21,22). The van der Waals surface area contributed by atoms with Crippen LogP contribution in [0.1, 0.15) is 28.8 Å². The zero-order chi connectivity index (χ0) is 16.9. The second-order valence-corrected chi connectivity index (χ2v) is 5.77. The summed E-state index contributed by atoms with van der Waals surface area (Å²) in [4.78, 5) is 23.7. The molecule has 0 saturated carbocycles. The first kappa shape index (κ1) is 16.0. The molecule has 1 aliphatic heterocycles. The Bertz CT molecular complexity index is 746. The van der Waals surface area contributed by atoms with E-state index in [-0.39, 0.29) is 11.9 Å². The van der Waals surface area contributed by atoms with Crippen molar-refractivity contribution in [2.75, 3.05) is 10.6 Å². The number of hydrogen-bond acceptors (Lipinski definition) is 4. The van der Waals surface area contributed by atoms with Crippen molar-refractivity contribution in [2.45, 2.75) is 25.3 Å². The summed E-state index contributed by atoms with van der Waals surface area (Å²) in [7, 11) is 0. The largest absolute Gasteiger partial charge is 0.372 e. The van der Waals surface area contributed by atoms with E-state index in [2.05, 4.69) is 22.8 Å². The molecule has 24 heavy (non-hydrogen) atoms. The van der Waals surface area contributed by atoms with Gasteiger partial charge in [-0.25, -0.2) is 5.48 Å². The van der Waals surface area contributed by atoms with Crippen molar-refractivity contribution < 1.29 is 14.8 Å². The van der Waals surface area contributed by atoms with E-state index in [1.54, 1.807) is 23.7 Å². The number of anilines is 2. The van der Waals surface area contributed by atoms with Gasteiger partial charge < -0.3 is 10.6 Å². The molecule has 0 radical (unpaired) electrons. The van der Waals surface area contributed by atoms with E-state index in [0.29, 0.717) is 23.4 Å². The molecule has 6 nitrogen and oxygen atoms in total. The number of fused-ring (bicyclic) bond motifs is 1. The van der Waals surface area contributed by atoms with Crippen LogP contribution < -0.4 is 16.1 Å². The summed E-state index contributed by atoms with van der Waals surface area (Å²) in [6.45, 7) is 0. The second kappa shape index (κ2) is 7.14. The van der Waals surface area contributed by atoms with E-state index in [9.17, 15) is 9.59 Å². The number of carbonyl (C=O) groups excluding carboxylic acids is 2. The van der Waals surface area contributed by atoms with Crippen LogP contribution in [0.2, 0.25) is 0 Å². The molecule has 0 aliphatic carbocycles. The first-order valence-electron chi connectivity index (χ1n) is 7.87. The Kier molecular flexibility index (Phi) is 4.77. The topological polar surface area (TPSA) is 90.5 Å². The van der Waals surface area contributed by atoms with Crippen molar-refractivity contribution in [1.29, 1.82) is 0 Å². The summed E-state index contributed by atoms with van der Waals surface area (Å²) >= 11 is 0. The molecule has 1 atom stereocenters. The van der Waals surface area contributed by atoms with Crippen LogP contribution in [0.3, 0.4) is 0 Å². The Morgan fingerprint density at radius 3 is 2.67 bits per heavy atom. The van der Waals surface area contributed by atoms with Crippen LogP contribution in [-0.4, -0.2) is 23.1 Å². The molecular weight excluding hydrogens is 306 g/mol. The first-order valence-corrected chi connectivity index (χ1v) is 7.87. The molecule has 0 bridgehead atoms. The summed E-state index contributed by atoms with van der Waals surface area (Å²) in [5, 5.41) is 14.7. The molecule has 0 spiro atoms. The molecule has 6 heteroatoms. The molecule has 124 valence electrons. The lowest BCUT2D eigenvalue weighted by atomic mass is 10.0. The van der Waals surface area contributed by atoms with Gasteiger partial charge in [-0.3, -0.25) is 14.8 Å². The van der Waals surface area contributed by atoms with Crippen LogP contribution >= 0.6 is 0 Å². The van der Waals surface area contributed by atoms with E-state index in [4.69, 9.17) is 5.21 Å². The molecule has 2 aromatic rings. The molecule has 3 rings (SSSR count). The quantitative estimate of drug-likeness (QED) is 0.502. The van der Waals surface area contributed by atoms with E-state index >= 15 is 0 Å². The molecule has 2 aromatic carbocycles. The summed E-state index contributed by atoms with van der Waals surface area (Å²) in [5.74, 6) is -0.660. The highest BCUT2D eigenvalue weighted by Crippen LogP contribution is 2.29. The van der Waals surface area contributed by atoms with Crippen molar-refractivity contribution in [1.82, 2.24) is 5.48 Å². The van der Waals surface area contributed by atoms with Crippen LogP contribution in [0.5, 0.6) is 0 Å². The van der Waals surface area contributed by atoms with Gasteiger partial charge >= 0.3 is 0 Å². The number of benzene rings is 2. The van der Waals surface area contributed by atoms with Crippen molar-refractivity contribution >= 4 is 23.2 Å². The fourth-order valence-electron chi connectivity index (χ4n) is 2.81. The first-order chi connectivity index (χ1) is 11.7. The summed E-state index contributed by atoms with van der Waals surface area (Å²) in [6.07, 6.45) is 2.48. The molecule has 4 N–H and O–H groups in total. The Balaban J connectivity index is 1.64. The minimum Gasteiger partial charge on any atom is -0.372 e. The van der Waals surface area contributed by atoms with E-state index in [0.717, 1.165) is 12.8 Å². The average molecular weight is 325 g/mol. The van der Waals surface area contributed by atoms with Gasteiger partial charge in [0.1, 0.15) is 6.04 Å². The van der Waals surface area contributed by atoms with Crippen LogP contribution in [0.25, 0.3) is 0 Å². The van der Waals surface area contributed by atoms with Gasteiger partial charge in [0.2, 0.25) is 5.91 Å². The Hall–Kier alpha value is -2.86. The van der Waals surface area contributed by atoms with Crippen molar-refractivity contribution in [2.24, 2.45) is 0 Å². The van der Waals surface area contributed by atoms with Crippen molar-refractivity contribution in [3.05, 3.63) is 59.7 Å². The SMILES string of the molecule is O=C(NO)c1ccc2c(c1)NC(CCCc1ccccc1)C(=O)N2. The van der Waals surface area contributed by atoms with Crippen molar-refractivity contribution in [3.63, 3.8) is 0 Å². The number of hydroxylamine groups is 1. The molecule has 1 unspecified atom stereocenters. The van der Waals surface area contributed by atoms with Crippen LogP contribution in [0.4, 0.5) is 11.4 Å². The highest BCUT2D eigenvalue weighted by atomic mass is 16.5. The van der Waals surface area contributed by atoms with Crippen molar-refractivity contribution in [3.8, 4) is 0 Å². The van der Waals surface area contributed by atoms with E-state index in [1.165, 1.54) is 5.56 Å². The van der Waals surface area contributed by atoms with Crippen LogP contribution in [0, 0.1) is 0 Å². The predicted octanol–water partition coefficient (Wildman–Crippen LogP) is 2.56. The van der Waals surface area contributed by atoms with Gasteiger partial charge in [-0.05, 0) is 43.0 Å². The number of rotatable bonds is 5. The molecule has 2 amide bonds. The number of nitrogens with one attached hydrogen (secondary N) is 3. The minimum atomic E-state index is -0.586. The number of carbonyl (C=O) groups is 2. The maximum atomic E-state index is 12.2. The normalized spacial score (nSPS) is 15.9. The van der Waals surface area contributed by atoms with Crippen LogP contribution in [0.15, 0.2) is 48.5 Å². The highest BCUT2D eigenvalue weighted by molar-refractivity contribution is 6.04. The van der Waals surface area contributed by atoms with Gasteiger partial charge in [0.25, 0.3) is 5.91 Å². The van der Waals surface area contributed by atoms with E-state index in [1.807, 2.05) is 18.2 Å². The minimum absolute atomic E-state index is 0.0741. The number of hydrogen-bond donors (Lipinski definition) is 4. The smallest absolute Gasteiger partial charge is 0.274 e. The van der Waals surface area contributed by atoms with Gasteiger partial charge in [-0.1, -0.05) is 30.3 Å². The maximum Gasteiger partial charge on any atom is 0.274 e. The third-order valence-corrected chi connectivity index (χ3v) is 4.09. The monoisotopic (exact) mass is 325 g/mol. The summed E-state index contributed by atoms with van der Waals surface area (Å²) in [6, 6.07) is 14.6. The third kappa shape index (κ3) is 3.55. The Morgan fingerprint density at radius 1 is 1.12 bits per heavy atom. The maximum absolute atomic E-state index is 12.2. The third-order valence-electron chi connectivity index (χ3n) is 4.09. The lowest BCUT2D eigenvalue weighted by molar-refractivity contribution is -0.117. The summed E-state index contributed by atoms with van der Waals surface area (Å²) < 4.78 is 0. The Labute approximate surface area is 139 Å². The lowest BCUT2D eigenvalue weighted by Gasteiger charge is -2.27. The zero-order valence-electron chi connectivity index (χ0n) is 13.1. The fourth-order valence-corrected chi connectivity index (χ4v) is 2.81. The van der Waals surface area contributed by atoms with E-state index < -0.39 is 5.91 Å². The highest BCUT2D eigenvalue weighted by Gasteiger charge is 2.25. The molecular formula is C18H19N3O3. The van der Waals surface area contributed by atoms with Gasteiger partial charge in [-0.2, -0.15) is 0 Å². The predicted molar refractivity (Wildman–Crippen MR) is 91.1 cm³/mol. The molecule has 1 heterocycles. The molecule has 0 fully saturated rings. The average Bonchev–Trinajstić information content (AvgIpc) is 2.62.